The van der Waals surface area contributed by atoms with Gasteiger partial charge < -0.3 is 14.6 Å². The van der Waals surface area contributed by atoms with Crippen LogP contribution in [0.25, 0.3) is 5.82 Å². The maximum atomic E-state index is 12.9. The van der Waals surface area contributed by atoms with E-state index in [9.17, 15) is 14.0 Å². The molecule has 1 amide bonds. The molecular formula is C19H18FN3O4. The number of carbonyl (C=O) groups is 2. The van der Waals surface area contributed by atoms with E-state index in [-0.39, 0.29) is 0 Å². The molecule has 2 heterocycles. The van der Waals surface area contributed by atoms with Gasteiger partial charge in [0.25, 0.3) is 5.91 Å². The van der Waals surface area contributed by atoms with Crippen molar-refractivity contribution in [2.45, 2.75) is 20.8 Å². The van der Waals surface area contributed by atoms with Crippen molar-refractivity contribution in [3.05, 3.63) is 64.9 Å². The van der Waals surface area contributed by atoms with Gasteiger partial charge in [-0.25, -0.2) is 9.18 Å². The Labute approximate surface area is 154 Å². The number of hydrogen-bond donors (Lipinski definition) is 1. The summed E-state index contributed by atoms with van der Waals surface area (Å²) in [6, 6.07) is 8.71. The molecule has 0 fully saturated rings. The number of aryl methyl sites for hydroxylation is 2. The topological polar surface area (TPSA) is 86.4 Å². The van der Waals surface area contributed by atoms with Crippen LogP contribution in [0, 0.1) is 26.6 Å². The minimum atomic E-state index is -0.621. The van der Waals surface area contributed by atoms with Gasteiger partial charge in [-0.1, -0.05) is 5.16 Å². The normalized spacial score (nSPS) is 10.7. The van der Waals surface area contributed by atoms with Gasteiger partial charge in [-0.2, -0.15) is 0 Å². The number of carbonyl (C=O) groups excluding carboxylic acids is 2. The molecule has 0 unspecified atom stereocenters. The lowest BCUT2D eigenvalue weighted by atomic mass is 10.2. The number of hydrogen-bond acceptors (Lipinski definition) is 5. The van der Waals surface area contributed by atoms with E-state index in [1.807, 2.05) is 6.92 Å². The zero-order valence-electron chi connectivity index (χ0n) is 15.1. The standard InChI is InChI=1S/C19H18FN3O4/c1-11-8-16(13(3)23(11)17-9-12(2)27-22-17)19(25)26-10-18(24)21-15-6-4-14(20)5-7-15/h4-9H,10H2,1-3H3,(H,21,24). The number of aromatic nitrogens is 2. The number of rotatable bonds is 5. The summed E-state index contributed by atoms with van der Waals surface area (Å²) in [6.45, 7) is 4.91. The van der Waals surface area contributed by atoms with Crippen LogP contribution in [-0.2, 0) is 9.53 Å². The summed E-state index contributed by atoms with van der Waals surface area (Å²) in [5, 5.41) is 6.48. The second-order valence-corrected chi connectivity index (χ2v) is 6.05. The molecule has 0 saturated heterocycles. The van der Waals surface area contributed by atoms with Crippen LogP contribution in [0.4, 0.5) is 10.1 Å². The lowest BCUT2D eigenvalue weighted by Gasteiger charge is -2.07. The fourth-order valence-electron chi connectivity index (χ4n) is 2.72. The molecule has 0 spiro atoms. The van der Waals surface area contributed by atoms with Crippen molar-refractivity contribution in [3.8, 4) is 5.82 Å². The highest BCUT2D eigenvalue weighted by Gasteiger charge is 2.20. The van der Waals surface area contributed by atoms with Crippen molar-refractivity contribution in [2.75, 3.05) is 11.9 Å². The molecule has 7 nitrogen and oxygen atoms in total. The lowest BCUT2D eigenvalue weighted by Crippen LogP contribution is -2.21. The van der Waals surface area contributed by atoms with Crippen LogP contribution in [0.2, 0.25) is 0 Å². The monoisotopic (exact) mass is 371 g/mol. The number of esters is 1. The molecule has 8 heteroatoms. The van der Waals surface area contributed by atoms with Gasteiger partial charge in [-0.15, -0.1) is 0 Å². The van der Waals surface area contributed by atoms with E-state index >= 15 is 0 Å². The van der Waals surface area contributed by atoms with Gasteiger partial charge in [0.15, 0.2) is 12.4 Å². The van der Waals surface area contributed by atoms with Crippen LogP contribution in [0.15, 0.2) is 40.9 Å². The lowest BCUT2D eigenvalue weighted by molar-refractivity contribution is -0.119. The molecule has 3 aromatic rings. The number of nitrogens with zero attached hydrogens (tertiary/aromatic N) is 2. The molecule has 1 N–H and O–H groups in total. The maximum absolute atomic E-state index is 12.9. The molecule has 0 aliphatic rings. The van der Waals surface area contributed by atoms with Gasteiger partial charge in [0, 0.05) is 23.1 Å². The molecule has 1 aromatic carbocycles. The molecule has 2 aromatic heterocycles. The largest absolute Gasteiger partial charge is 0.452 e. The van der Waals surface area contributed by atoms with E-state index in [1.54, 1.807) is 30.5 Å². The first kappa shape index (κ1) is 18.4. The molecule has 0 atom stereocenters. The highest BCUT2D eigenvalue weighted by molar-refractivity contribution is 5.96. The number of nitrogens with one attached hydrogen (secondary N) is 1. The van der Waals surface area contributed by atoms with Gasteiger partial charge in [0.2, 0.25) is 0 Å². The van der Waals surface area contributed by atoms with E-state index in [1.165, 1.54) is 24.3 Å². The van der Waals surface area contributed by atoms with Gasteiger partial charge >= 0.3 is 5.97 Å². The van der Waals surface area contributed by atoms with E-state index in [4.69, 9.17) is 9.26 Å². The number of ether oxygens (including phenoxy) is 1. The number of anilines is 1. The first-order valence-electron chi connectivity index (χ1n) is 8.20. The quantitative estimate of drug-likeness (QED) is 0.695. The SMILES string of the molecule is Cc1cc(-n2c(C)cc(C(=O)OCC(=O)Nc3ccc(F)cc3)c2C)no1. The molecular weight excluding hydrogens is 353 g/mol. The van der Waals surface area contributed by atoms with Crippen molar-refractivity contribution >= 4 is 17.6 Å². The third-order valence-electron chi connectivity index (χ3n) is 3.96. The van der Waals surface area contributed by atoms with Crippen molar-refractivity contribution in [2.24, 2.45) is 0 Å². The minimum absolute atomic E-state index is 0.336. The second-order valence-electron chi connectivity index (χ2n) is 6.05. The third kappa shape index (κ3) is 4.05. The van der Waals surface area contributed by atoms with Crippen LogP contribution in [0.1, 0.15) is 27.5 Å². The second kappa shape index (κ2) is 7.45. The summed E-state index contributed by atoms with van der Waals surface area (Å²) in [5.41, 5.74) is 2.16. The predicted octanol–water partition coefficient (Wildman–Crippen LogP) is 3.33. The Morgan fingerprint density at radius 3 is 2.52 bits per heavy atom. The van der Waals surface area contributed by atoms with Gasteiger partial charge in [0.1, 0.15) is 11.6 Å². The van der Waals surface area contributed by atoms with Crippen molar-refractivity contribution in [1.82, 2.24) is 9.72 Å². The number of halogens is 1. The Kier molecular flexibility index (Phi) is 5.07. The van der Waals surface area contributed by atoms with Crippen LogP contribution in [-0.4, -0.2) is 28.2 Å². The fraction of sp³-hybridized carbons (Fsp3) is 0.211. The molecule has 140 valence electrons. The Balaban J connectivity index is 1.66. The summed E-state index contributed by atoms with van der Waals surface area (Å²) >= 11 is 0. The molecule has 0 saturated carbocycles. The van der Waals surface area contributed by atoms with Crippen molar-refractivity contribution in [1.29, 1.82) is 0 Å². The smallest absolute Gasteiger partial charge is 0.340 e. The molecule has 0 aliphatic carbocycles. The number of amides is 1. The molecule has 0 radical (unpaired) electrons. The van der Waals surface area contributed by atoms with Gasteiger partial charge in [-0.05, 0) is 51.1 Å². The predicted molar refractivity (Wildman–Crippen MR) is 95.4 cm³/mol. The Morgan fingerprint density at radius 2 is 1.89 bits per heavy atom. The molecule has 3 rings (SSSR count). The van der Waals surface area contributed by atoms with E-state index < -0.39 is 24.3 Å². The average molecular weight is 371 g/mol. The Hall–Kier alpha value is -3.42. The van der Waals surface area contributed by atoms with E-state index in [0.717, 1.165) is 5.69 Å². The van der Waals surface area contributed by atoms with Crippen LogP contribution in [0.3, 0.4) is 0 Å². The van der Waals surface area contributed by atoms with Gasteiger partial charge in [0.05, 0.1) is 5.56 Å². The third-order valence-corrected chi connectivity index (χ3v) is 3.96. The van der Waals surface area contributed by atoms with Crippen LogP contribution in [0.5, 0.6) is 0 Å². The van der Waals surface area contributed by atoms with Gasteiger partial charge in [-0.3, -0.25) is 9.36 Å². The average Bonchev–Trinajstić information content (AvgIpc) is 3.17. The number of benzene rings is 1. The maximum Gasteiger partial charge on any atom is 0.340 e. The summed E-state index contributed by atoms with van der Waals surface area (Å²) in [5.74, 6) is -0.327. The van der Waals surface area contributed by atoms with Crippen LogP contribution < -0.4 is 5.32 Å². The van der Waals surface area contributed by atoms with E-state index in [0.29, 0.717) is 28.5 Å². The van der Waals surface area contributed by atoms with E-state index in [2.05, 4.69) is 10.5 Å². The van der Waals surface area contributed by atoms with Crippen molar-refractivity contribution < 1.29 is 23.2 Å². The highest BCUT2D eigenvalue weighted by Crippen LogP contribution is 2.21. The highest BCUT2D eigenvalue weighted by atomic mass is 19.1. The summed E-state index contributed by atoms with van der Waals surface area (Å²) in [6.07, 6.45) is 0. The van der Waals surface area contributed by atoms with Crippen molar-refractivity contribution in [3.63, 3.8) is 0 Å². The fourth-order valence-corrected chi connectivity index (χ4v) is 2.72. The molecule has 27 heavy (non-hydrogen) atoms. The molecule has 0 aliphatic heterocycles. The zero-order chi connectivity index (χ0) is 19.6. The Bertz CT molecular complexity index is 989. The summed E-state index contributed by atoms with van der Waals surface area (Å²) < 4.78 is 24.8. The first-order valence-corrected chi connectivity index (χ1v) is 8.20. The molecule has 0 bridgehead atoms. The van der Waals surface area contributed by atoms with Crippen LogP contribution >= 0.6 is 0 Å². The first-order chi connectivity index (χ1) is 12.8. The minimum Gasteiger partial charge on any atom is -0.452 e. The summed E-state index contributed by atoms with van der Waals surface area (Å²) in [4.78, 5) is 24.3. The Morgan fingerprint density at radius 1 is 1.19 bits per heavy atom. The zero-order valence-corrected chi connectivity index (χ0v) is 15.1. The summed E-state index contributed by atoms with van der Waals surface area (Å²) in [7, 11) is 0.